The molecular formula is C27H24N2O4S. The first kappa shape index (κ1) is 23.1. The Hall–Kier alpha value is -4.10. The smallest absolute Gasteiger partial charge is 0.250 e. The fourth-order valence-corrected chi connectivity index (χ4v) is 3.93. The van der Waals surface area contributed by atoms with Crippen molar-refractivity contribution in [2.24, 2.45) is 0 Å². The number of methoxy groups -OCH3 is 2. The molecule has 0 fully saturated rings. The summed E-state index contributed by atoms with van der Waals surface area (Å²) in [6.07, 6.45) is 3.18. The normalized spacial score (nSPS) is 10.8. The number of rotatable bonds is 9. The Kier molecular flexibility index (Phi) is 7.57. The third-order valence-corrected chi connectivity index (χ3v) is 5.71. The van der Waals surface area contributed by atoms with Crippen molar-refractivity contribution >= 4 is 28.5 Å². The van der Waals surface area contributed by atoms with Crippen molar-refractivity contribution in [3.8, 4) is 28.5 Å². The van der Waals surface area contributed by atoms with E-state index in [0.29, 0.717) is 23.2 Å². The lowest BCUT2D eigenvalue weighted by molar-refractivity contribution is -0.111. The number of carbonyl (C=O) groups excluding carboxylic acids is 1. The zero-order valence-corrected chi connectivity index (χ0v) is 19.7. The Morgan fingerprint density at radius 2 is 1.82 bits per heavy atom. The molecule has 34 heavy (non-hydrogen) atoms. The lowest BCUT2D eigenvalue weighted by Gasteiger charge is -2.11. The monoisotopic (exact) mass is 472 g/mol. The molecule has 1 amide bonds. The number of benzene rings is 3. The van der Waals surface area contributed by atoms with E-state index in [4.69, 9.17) is 14.2 Å². The zero-order chi connectivity index (χ0) is 23.8. The van der Waals surface area contributed by atoms with E-state index >= 15 is 0 Å². The van der Waals surface area contributed by atoms with E-state index in [1.807, 2.05) is 78.2 Å². The largest absolute Gasteiger partial charge is 0.497 e. The van der Waals surface area contributed by atoms with E-state index in [1.54, 1.807) is 20.3 Å². The van der Waals surface area contributed by atoms with Crippen LogP contribution >= 0.6 is 11.3 Å². The highest BCUT2D eigenvalue weighted by Gasteiger charge is 2.08. The predicted molar refractivity (Wildman–Crippen MR) is 136 cm³/mol. The quantitative estimate of drug-likeness (QED) is 0.300. The fourth-order valence-electron chi connectivity index (χ4n) is 3.21. The Balaban J connectivity index is 1.37. The predicted octanol–water partition coefficient (Wildman–Crippen LogP) is 6.06. The molecule has 0 saturated heterocycles. The number of nitrogens with zero attached hydrogens (tertiary/aromatic N) is 1. The van der Waals surface area contributed by atoms with Crippen LogP contribution in [0.2, 0.25) is 0 Å². The fraction of sp³-hybridized carbons (Fsp3) is 0.111. The molecule has 4 aromatic rings. The molecule has 0 bridgehead atoms. The van der Waals surface area contributed by atoms with Gasteiger partial charge in [0.15, 0.2) is 16.6 Å². The third-order valence-electron chi connectivity index (χ3n) is 4.95. The van der Waals surface area contributed by atoms with Crippen molar-refractivity contribution in [3.05, 3.63) is 95.4 Å². The highest BCUT2D eigenvalue weighted by molar-refractivity contribution is 7.14. The Morgan fingerprint density at radius 3 is 2.62 bits per heavy atom. The first-order chi connectivity index (χ1) is 16.6. The maximum Gasteiger partial charge on any atom is 0.250 e. The van der Waals surface area contributed by atoms with Gasteiger partial charge < -0.3 is 14.2 Å². The van der Waals surface area contributed by atoms with Crippen LogP contribution in [0.3, 0.4) is 0 Å². The maximum absolute atomic E-state index is 12.4. The molecule has 0 atom stereocenters. The van der Waals surface area contributed by atoms with Crippen LogP contribution in [0.15, 0.2) is 84.3 Å². The standard InChI is InChI=1S/C27H24N2O4S/c1-31-22-10-6-9-21(16-22)23-18-34-27(28-23)29-26(30)14-12-19-11-13-24(25(15-19)32-2)33-17-20-7-4-3-5-8-20/h3-16,18H,17H2,1-2H3,(H,28,29,30). The average Bonchev–Trinajstić information content (AvgIpc) is 3.35. The maximum atomic E-state index is 12.4. The van der Waals surface area contributed by atoms with Crippen LogP contribution in [0.5, 0.6) is 17.2 Å². The highest BCUT2D eigenvalue weighted by atomic mass is 32.1. The number of aromatic nitrogens is 1. The van der Waals surface area contributed by atoms with Crippen LogP contribution < -0.4 is 19.5 Å². The van der Waals surface area contributed by atoms with Gasteiger partial charge >= 0.3 is 0 Å². The van der Waals surface area contributed by atoms with E-state index in [9.17, 15) is 4.79 Å². The van der Waals surface area contributed by atoms with Gasteiger partial charge in [-0.1, -0.05) is 48.5 Å². The van der Waals surface area contributed by atoms with Gasteiger partial charge in [-0.05, 0) is 41.5 Å². The minimum atomic E-state index is -0.269. The molecule has 1 aromatic heterocycles. The highest BCUT2D eigenvalue weighted by Crippen LogP contribution is 2.30. The zero-order valence-electron chi connectivity index (χ0n) is 18.9. The number of carbonyl (C=O) groups is 1. The number of thiazole rings is 1. The third kappa shape index (κ3) is 6.02. The van der Waals surface area contributed by atoms with Gasteiger partial charge in [0.25, 0.3) is 0 Å². The second-order valence-electron chi connectivity index (χ2n) is 7.28. The lowest BCUT2D eigenvalue weighted by Crippen LogP contribution is -2.07. The van der Waals surface area contributed by atoms with Crippen LogP contribution in [-0.4, -0.2) is 25.1 Å². The lowest BCUT2D eigenvalue weighted by atomic mass is 10.2. The summed E-state index contributed by atoms with van der Waals surface area (Å²) >= 11 is 1.37. The van der Waals surface area contributed by atoms with Crippen LogP contribution in [-0.2, 0) is 11.4 Å². The van der Waals surface area contributed by atoms with Crippen LogP contribution in [0.4, 0.5) is 5.13 Å². The van der Waals surface area contributed by atoms with Gasteiger partial charge in [-0.15, -0.1) is 11.3 Å². The van der Waals surface area contributed by atoms with E-state index in [2.05, 4.69) is 10.3 Å². The molecule has 1 N–H and O–H groups in total. The second kappa shape index (κ2) is 11.2. The average molecular weight is 473 g/mol. The van der Waals surface area contributed by atoms with Gasteiger partial charge in [-0.3, -0.25) is 10.1 Å². The van der Waals surface area contributed by atoms with Crippen molar-refractivity contribution < 1.29 is 19.0 Å². The molecule has 1 heterocycles. The summed E-state index contributed by atoms with van der Waals surface area (Å²) in [4.78, 5) is 16.9. The molecule has 172 valence electrons. The number of anilines is 1. The molecular weight excluding hydrogens is 448 g/mol. The Bertz CT molecular complexity index is 1280. The Morgan fingerprint density at radius 1 is 0.971 bits per heavy atom. The summed E-state index contributed by atoms with van der Waals surface area (Å²) in [5.41, 5.74) is 3.59. The SMILES string of the molecule is COc1cccc(-c2csc(NC(=O)C=Cc3ccc(OCc4ccccc4)c(OC)c3)n2)c1. The van der Waals surface area contributed by atoms with Gasteiger partial charge in [-0.2, -0.15) is 0 Å². The van der Waals surface area contributed by atoms with Crippen LogP contribution in [0, 0.1) is 0 Å². The molecule has 6 nitrogen and oxygen atoms in total. The number of ether oxygens (including phenoxy) is 3. The van der Waals surface area contributed by atoms with Crippen molar-refractivity contribution in [2.45, 2.75) is 6.61 Å². The minimum absolute atomic E-state index is 0.269. The molecule has 0 aliphatic rings. The van der Waals surface area contributed by atoms with Gasteiger partial charge in [0, 0.05) is 17.0 Å². The molecule has 0 aliphatic carbocycles. The molecule has 4 rings (SSSR count). The summed E-state index contributed by atoms with van der Waals surface area (Å²) in [5, 5.41) is 5.22. The van der Waals surface area contributed by atoms with Crippen LogP contribution in [0.1, 0.15) is 11.1 Å². The minimum Gasteiger partial charge on any atom is -0.497 e. The van der Waals surface area contributed by atoms with E-state index in [0.717, 1.165) is 28.1 Å². The summed E-state index contributed by atoms with van der Waals surface area (Å²) in [5.74, 6) is 1.73. The summed E-state index contributed by atoms with van der Waals surface area (Å²) in [6.45, 7) is 0.445. The number of amides is 1. The van der Waals surface area contributed by atoms with E-state index < -0.39 is 0 Å². The number of hydrogen-bond donors (Lipinski definition) is 1. The van der Waals surface area contributed by atoms with E-state index in [-0.39, 0.29) is 5.91 Å². The van der Waals surface area contributed by atoms with Crippen LogP contribution in [0.25, 0.3) is 17.3 Å². The van der Waals surface area contributed by atoms with Gasteiger partial charge in [0.2, 0.25) is 5.91 Å². The van der Waals surface area contributed by atoms with Crippen molar-refractivity contribution in [2.75, 3.05) is 19.5 Å². The van der Waals surface area contributed by atoms with Gasteiger partial charge in [0.1, 0.15) is 12.4 Å². The molecule has 3 aromatic carbocycles. The van der Waals surface area contributed by atoms with Crippen molar-refractivity contribution in [1.29, 1.82) is 0 Å². The molecule has 0 spiro atoms. The van der Waals surface area contributed by atoms with Gasteiger partial charge in [-0.25, -0.2) is 4.98 Å². The summed E-state index contributed by atoms with van der Waals surface area (Å²) in [6, 6.07) is 23.1. The summed E-state index contributed by atoms with van der Waals surface area (Å²) < 4.78 is 16.6. The van der Waals surface area contributed by atoms with Gasteiger partial charge in [0.05, 0.1) is 19.9 Å². The molecule has 0 aliphatic heterocycles. The van der Waals surface area contributed by atoms with Crippen molar-refractivity contribution in [1.82, 2.24) is 4.98 Å². The number of nitrogens with one attached hydrogen (secondary N) is 1. The van der Waals surface area contributed by atoms with E-state index in [1.165, 1.54) is 17.4 Å². The summed E-state index contributed by atoms with van der Waals surface area (Å²) in [7, 11) is 3.21. The van der Waals surface area contributed by atoms with Crippen molar-refractivity contribution in [3.63, 3.8) is 0 Å². The molecule has 0 radical (unpaired) electrons. The molecule has 7 heteroatoms. The first-order valence-corrected chi connectivity index (χ1v) is 11.5. The molecule has 0 saturated carbocycles. The topological polar surface area (TPSA) is 69.7 Å². The Labute approximate surface area is 202 Å². The first-order valence-electron chi connectivity index (χ1n) is 10.6. The molecule has 0 unspecified atom stereocenters. The second-order valence-corrected chi connectivity index (χ2v) is 8.14. The number of hydrogen-bond acceptors (Lipinski definition) is 6.